The first-order valence-electron chi connectivity index (χ1n) is 4.28. The van der Waals surface area contributed by atoms with E-state index in [-0.39, 0.29) is 0 Å². The summed E-state index contributed by atoms with van der Waals surface area (Å²) >= 11 is 2.80. The highest BCUT2D eigenvalue weighted by Gasteiger charge is 2.49. The fourth-order valence-electron chi connectivity index (χ4n) is 1.18. The van der Waals surface area contributed by atoms with Crippen molar-refractivity contribution in [3.63, 3.8) is 0 Å². The molecule has 1 rings (SSSR count). The second kappa shape index (κ2) is 4.37. The Morgan fingerprint density at radius 1 is 1.50 bits per heavy atom. The van der Waals surface area contributed by atoms with Crippen molar-refractivity contribution < 1.29 is 13.2 Å². The summed E-state index contributed by atoms with van der Waals surface area (Å²) in [6.45, 7) is 2.24. The van der Waals surface area contributed by atoms with Gasteiger partial charge in [-0.2, -0.15) is 18.3 Å². The van der Waals surface area contributed by atoms with Gasteiger partial charge in [0.25, 0.3) is 0 Å². The first-order valence-corrected chi connectivity index (χ1v) is 4.99. The molecule has 1 aliphatic heterocycles. The second-order valence-corrected chi connectivity index (χ2v) is 3.83. The van der Waals surface area contributed by atoms with E-state index in [0.29, 0.717) is 13.0 Å². The third-order valence-corrected chi connectivity index (χ3v) is 2.43. The lowest BCUT2D eigenvalue weighted by molar-refractivity contribution is -0.195. The predicted molar refractivity (Wildman–Crippen MR) is 50.7 cm³/mol. The fraction of sp³-hybridized carbons (Fsp3) is 0.857. The van der Waals surface area contributed by atoms with E-state index < -0.39 is 12.3 Å². The summed E-state index contributed by atoms with van der Waals surface area (Å²) in [5, 5.41) is 4.71. The van der Waals surface area contributed by atoms with E-state index in [2.05, 4.69) is 21.2 Å². The van der Waals surface area contributed by atoms with Crippen LogP contribution in [-0.4, -0.2) is 34.2 Å². The fourth-order valence-corrected chi connectivity index (χ4v) is 1.70. The summed E-state index contributed by atoms with van der Waals surface area (Å²) in [5.74, 6) is 0. The Bertz CT molecular complexity index is 219. The summed E-state index contributed by atoms with van der Waals surface area (Å²) in [6, 6.07) is 0. The van der Waals surface area contributed by atoms with Crippen molar-refractivity contribution in [2.45, 2.75) is 32.1 Å². The quantitative estimate of drug-likeness (QED) is 0.736. The van der Waals surface area contributed by atoms with Crippen LogP contribution in [0.25, 0.3) is 0 Å². The van der Waals surface area contributed by atoms with Gasteiger partial charge >= 0.3 is 6.18 Å². The Hall–Kier alpha value is -0.460. The van der Waals surface area contributed by atoms with Crippen molar-refractivity contribution in [1.82, 2.24) is 8.93 Å². The number of halogens is 4. The molecule has 1 unspecified atom stereocenters. The number of rotatable bonds is 3. The highest BCUT2D eigenvalue weighted by molar-refractivity contribution is 9.07. The maximum absolute atomic E-state index is 12.5. The molecule has 0 N–H and O–H groups in total. The van der Waals surface area contributed by atoms with Crippen LogP contribution in [0.1, 0.15) is 19.8 Å². The summed E-state index contributed by atoms with van der Waals surface area (Å²) in [7, 11) is 0. The highest BCUT2D eigenvalue weighted by Crippen LogP contribution is 2.31. The maximum Gasteiger partial charge on any atom is 0.429 e. The van der Waals surface area contributed by atoms with Gasteiger partial charge in [0, 0.05) is 6.54 Å². The van der Waals surface area contributed by atoms with Crippen LogP contribution < -0.4 is 0 Å². The molecule has 1 atom stereocenters. The van der Waals surface area contributed by atoms with E-state index >= 15 is 0 Å². The molecule has 0 aromatic heterocycles. The normalized spacial score (nSPS) is 22.2. The molecule has 0 spiro atoms. The van der Waals surface area contributed by atoms with Gasteiger partial charge in [-0.25, -0.2) is 0 Å². The van der Waals surface area contributed by atoms with Crippen LogP contribution in [0.3, 0.4) is 0 Å². The van der Waals surface area contributed by atoms with Crippen molar-refractivity contribution in [3.8, 4) is 0 Å². The number of hydrazone groups is 1. The van der Waals surface area contributed by atoms with Gasteiger partial charge in [0.2, 0.25) is 6.17 Å². The highest BCUT2D eigenvalue weighted by atomic mass is 79.9. The molecule has 14 heavy (non-hydrogen) atoms. The Kier molecular flexibility index (Phi) is 3.63. The first kappa shape index (κ1) is 11.6. The molecule has 0 saturated heterocycles. The summed E-state index contributed by atoms with van der Waals surface area (Å²) in [5.41, 5.74) is 0. The minimum absolute atomic E-state index is 0.319. The standard InChI is InChI=1S/C7H11BrF3N3/c1-2-3-4-14-6(7(9,10)11)13(8)5-12-14/h5-6H,2-4H2,1H3. The minimum Gasteiger partial charge on any atom is -0.265 e. The Morgan fingerprint density at radius 2 is 2.14 bits per heavy atom. The van der Waals surface area contributed by atoms with Gasteiger partial charge in [0.15, 0.2) is 0 Å². The predicted octanol–water partition coefficient (Wildman–Crippen LogP) is 2.55. The zero-order valence-electron chi connectivity index (χ0n) is 7.63. The zero-order chi connectivity index (χ0) is 10.8. The molecular formula is C7H11BrF3N3. The van der Waals surface area contributed by atoms with Crippen molar-refractivity contribution in [1.29, 1.82) is 0 Å². The number of nitrogens with zero attached hydrogens (tertiary/aromatic N) is 3. The third-order valence-electron chi connectivity index (χ3n) is 1.86. The molecule has 0 amide bonds. The summed E-state index contributed by atoms with van der Waals surface area (Å²) in [6.07, 6.45) is -3.29. The van der Waals surface area contributed by atoms with E-state index in [1.54, 1.807) is 0 Å². The molecule has 82 valence electrons. The van der Waals surface area contributed by atoms with Gasteiger partial charge in [-0.15, -0.1) is 0 Å². The van der Waals surface area contributed by atoms with Crippen LogP contribution in [0.2, 0.25) is 0 Å². The second-order valence-electron chi connectivity index (χ2n) is 3.01. The molecule has 0 radical (unpaired) electrons. The molecule has 1 heterocycles. The largest absolute Gasteiger partial charge is 0.429 e. The molecular weight excluding hydrogens is 263 g/mol. The summed E-state index contributed by atoms with van der Waals surface area (Å²) in [4.78, 5) is 0. The molecule has 0 fully saturated rings. The lowest BCUT2D eigenvalue weighted by Crippen LogP contribution is -2.46. The minimum atomic E-state index is -4.30. The number of alkyl halides is 3. The average Bonchev–Trinajstić information content (AvgIpc) is 2.42. The van der Waals surface area contributed by atoms with E-state index in [0.717, 1.165) is 21.7 Å². The maximum atomic E-state index is 12.5. The topological polar surface area (TPSA) is 18.8 Å². The van der Waals surface area contributed by atoms with Crippen molar-refractivity contribution in [2.24, 2.45) is 5.10 Å². The molecule has 1 aliphatic rings. The Morgan fingerprint density at radius 3 is 2.64 bits per heavy atom. The van der Waals surface area contributed by atoms with Gasteiger partial charge in [0.1, 0.15) is 6.34 Å². The van der Waals surface area contributed by atoms with Crippen LogP contribution in [0.4, 0.5) is 13.2 Å². The first-order chi connectivity index (χ1) is 6.46. The van der Waals surface area contributed by atoms with Gasteiger partial charge in [-0.05, 0) is 6.42 Å². The van der Waals surface area contributed by atoms with Gasteiger partial charge < -0.3 is 0 Å². The van der Waals surface area contributed by atoms with E-state index in [1.165, 1.54) is 0 Å². The van der Waals surface area contributed by atoms with Gasteiger partial charge in [-0.3, -0.25) is 8.93 Å². The zero-order valence-corrected chi connectivity index (χ0v) is 9.22. The summed E-state index contributed by atoms with van der Waals surface area (Å²) < 4.78 is 38.4. The molecule has 0 aliphatic carbocycles. The molecule has 0 bridgehead atoms. The molecule has 0 saturated carbocycles. The molecule has 7 heteroatoms. The average molecular weight is 274 g/mol. The number of unbranched alkanes of at least 4 members (excludes halogenated alkanes) is 1. The van der Waals surface area contributed by atoms with Crippen molar-refractivity contribution in [3.05, 3.63) is 0 Å². The molecule has 0 aromatic rings. The van der Waals surface area contributed by atoms with Crippen LogP contribution in [0.15, 0.2) is 5.10 Å². The van der Waals surface area contributed by atoms with E-state index in [1.807, 2.05) is 6.92 Å². The van der Waals surface area contributed by atoms with Crippen molar-refractivity contribution in [2.75, 3.05) is 6.54 Å². The van der Waals surface area contributed by atoms with Gasteiger partial charge in [0.05, 0.1) is 16.1 Å². The molecule has 0 aromatic carbocycles. The van der Waals surface area contributed by atoms with Crippen LogP contribution in [-0.2, 0) is 0 Å². The van der Waals surface area contributed by atoms with Crippen LogP contribution >= 0.6 is 16.1 Å². The Labute approximate surface area is 88.9 Å². The lowest BCUT2D eigenvalue weighted by atomic mass is 10.3. The SMILES string of the molecule is CCCCN1N=CN(Br)C1C(F)(F)F. The van der Waals surface area contributed by atoms with E-state index in [4.69, 9.17) is 0 Å². The lowest BCUT2D eigenvalue weighted by Gasteiger charge is -2.28. The van der Waals surface area contributed by atoms with E-state index in [9.17, 15) is 13.2 Å². The van der Waals surface area contributed by atoms with Gasteiger partial charge in [-0.1, -0.05) is 13.3 Å². The number of hydrogen-bond donors (Lipinski definition) is 0. The van der Waals surface area contributed by atoms with Crippen LogP contribution in [0.5, 0.6) is 0 Å². The molecule has 3 nitrogen and oxygen atoms in total. The monoisotopic (exact) mass is 273 g/mol. The number of hydrogen-bond acceptors (Lipinski definition) is 3. The Balaban J connectivity index is 2.62. The smallest absolute Gasteiger partial charge is 0.265 e. The van der Waals surface area contributed by atoms with Crippen molar-refractivity contribution >= 4 is 22.5 Å². The third kappa shape index (κ3) is 2.52. The van der Waals surface area contributed by atoms with Crippen LogP contribution in [0, 0.1) is 0 Å².